The summed E-state index contributed by atoms with van der Waals surface area (Å²) >= 11 is 4.78. The van der Waals surface area contributed by atoms with E-state index in [1.807, 2.05) is 0 Å². The number of nitrogens with zero attached hydrogens (tertiary/aromatic N) is 1. The average molecular weight is 249 g/mol. The van der Waals surface area contributed by atoms with Gasteiger partial charge in [-0.3, -0.25) is 9.59 Å². The van der Waals surface area contributed by atoms with Crippen LogP contribution in [-0.2, 0) is 9.59 Å². The SMILES string of the molecule is NC(=O)CCC(=O)Nc1nc(=S)ss1. The number of anilines is 1. The summed E-state index contributed by atoms with van der Waals surface area (Å²) in [5, 5.41) is 2.99. The standard InChI is InChI=1S/C6H7N3O2S3/c7-3(10)1-2-4(11)8-5-9-6(12)14-13-5/h1-2H2,(H2,7,10)(H,8,9,11,12). The van der Waals surface area contributed by atoms with E-state index in [2.05, 4.69) is 10.3 Å². The Balaban J connectivity index is 2.41. The molecule has 0 spiro atoms. The fourth-order valence-corrected chi connectivity index (χ4v) is 2.54. The number of amides is 2. The lowest BCUT2D eigenvalue weighted by atomic mass is 10.3. The molecule has 0 fully saturated rings. The molecular formula is C6H7N3O2S3. The highest BCUT2D eigenvalue weighted by molar-refractivity contribution is 7.79. The van der Waals surface area contributed by atoms with E-state index in [4.69, 9.17) is 18.0 Å². The van der Waals surface area contributed by atoms with Crippen molar-refractivity contribution in [3.63, 3.8) is 0 Å². The van der Waals surface area contributed by atoms with Crippen LogP contribution in [0.1, 0.15) is 12.8 Å². The number of hydrogen-bond acceptors (Lipinski definition) is 6. The van der Waals surface area contributed by atoms with Crippen LogP contribution < -0.4 is 11.1 Å². The molecule has 0 aliphatic carbocycles. The molecule has 3 N–H and O–H groups in total. The molecule has 0 saturated carbocycles. The maximum atomic E-state index is 11.1. The zero-order valence-corrected chi connectivity index (χ0v) is 9.43. The molecule has 0 bridgehead atoms. The predicted molar refractivity (Wildman–Crippen MR) is 57.9 cm³/mol. The van der Waals surface area contributed by atoms with E-state index in [0.717, 1.165) is 0 Å². The lowest BCUT2D eigenvalue weighted by Gasteiger charge is -1.97. The Morgan fingerprint density at radius 3 is 2.64 bits per heavy atom. The number of aromatic nitrogens is 1. The summed E-state index contributed by atoms with van der Waals surface area (Å²) in [5.74, 6) is -0.772. The zero-order chi connectivity index (χ0) is 10.6. The van der Waals surface area contributed by atoms with Crippen LogP contribution >= 0.6 is 32.9 Å². The topological polar surface area (TPSA) is 85.1 Å². The van der Waals surface area contributed by atoms with Gasteiger partial charge in [0.1, 0.15) is 0 Å². The summed E-state index contributed by atoms with van der Waals surface area (Å²) in [6.07, 6.45) is 0.119. The predicted octanol–water partition coefficient (Wildman–Crippen LogP) is 1.14. The Hall–Kier alpha value is -0.860. The van der Waals surface area contributed by atoms with E-state index < -0.39 is 5.91 Å². The molecule has 5 nitrogen and oxygen atoms in total. The van der Waals surface area contributed by atoms with Crippen molar-refractivity contribution in [3.8, 4) is 0 Å². The second-order valence-corrected chi connectivity index (χ2v) is 5.12. The minimum atomic E-state index is -0.494. The van der Waals surface area contributed by atoms with E-state index in [0.29, 0.717) is 9.09 Å². The molecule has 0 aliphatic heterocycles. The highest BCUT2D eigenvalue weighted by Crippen LogP contribution is 2.18. The minimum Gasteiger partial charge on any atom is -0.370 e. The highest BCUT2D eigenvalue weighted by atomic mass is 32.9. The fraction of sp³-hybridized carbons (Fsp3) is 0.333. The Morgan fingerprint density at radius 1 is 1.43 bits per heavy atom. The molecule has 1 heterocycles. The van der Waals surface area contributed by atoms with E-state index in [1.54, 1.807) is 0 Å². The van der Waals surface area contributed by atoms with E-state index in [1.165, 1.54) is 20.7 Å². The second-order valence-electron chi connectivity index (χ2n) is 2.36. The van der Waals surface area contributed by atoms with Gasteiger partial charge >= 0.3 is 0 Å². The lowest BCUT2D eigenvalue weighted by molar-refractivity contribution is -0.122. The van der Waals surface area contributed by atoms with Crippen molar-refractivity contribution < 1.29 is 9.59 Å². The Morgan fingerprint density at radius 2 is 2.14 bits per heavy atom. The van der Waals surface area contributed by atoms with Crippen LogP contribution in [0.3, 0.4) is 0 Å². The van der Waals surface area contributed by atoms with Crippen molar-refractivity contribution in [1.82, 2.24) is 4.98 Å². The van der Waals surface area contributed by atoms with E-state index in [9.17, 15) is 9.59 Å². The van der Waals surface area contributed by atoms with Crippen molar-refractivity contribution in [3.05, 3.63) is 3.95 Å². The van der Waals surface area contributed by atoms with Crippen LogP contribution in [-0.4, -0.2) is 16.8 Å². The maximum Gasteiger partial charge on any atom is 0.226 e. The molecular weight excluding hydrogens is 242 g/mol. The first-order chi connectivity index (χ1) is 6.58. The average Bonchev–Trinajstić information content (AvgIpc) is 2.48. The van der Waals surface area contributed by atoms with Gasteiger partial charge in [0.05, 0.1) is 0 Å². The van der Waals surface area contributed by atoms with Gasteiger partial charge in [0.25, 0.3) is 0 Å². The first-order valence-corrected chi connectivity index (χ1v) is 6.19. The number of nitrogens with two attached hydrogens (primary N) is 1. The van der Waals surface area contributed by atoms with Gasteiger partial charge in [-0.1, -0.05) is 0 Å². The molecule has 0 aromatic carbocycles. The van der Waals surface area contributed by atoms with Crippen molar-refractivity contribution >= 4 is 49.8 Å². The van der Waals surface area contributed by atoms with Crippen LogP contribution in [0.15, 0.2) is 0 Å². The molecule has 14 heavy (non-hydrogen) atoms. The van der Waals surface area contributed by atoms with Gasteiger partial charge in [-0.25, -0.2) is 0 Å². The Bertz CT molecular complexity index is 397. The quantitative estimate of drug-likeness (QED) is 0.619. The molecule has 76 valence electrons. The first kappa shape index (κ1) is 11.2. The Kier molecular flexibility index (Phi) is 4.11. The molecule has 1 rings (SSSR count). The first-order valence-electron chi connectivity index (χ1n) is 3.63. The maximum absolute atomic E-state index is 11.1. The third-order valence-electron chi connectivity index (χ3n) is 1.23. The minimum absolute atomic E-state index is 0.0430. The molecule has 2 amide bonds. The van der Waals surface area contributed by atoms with Crippen LogP contribution in [0.5, 0.6) is 0 Å². The monoisotopic (exact) mass is 249 g/mol. The smallest absolute Gasteiger partial charge is 0.226 e. The number of rotatable bonds is 4. The van der Waals surface area contributed by atoms with Gasteiger partial charge in [0.15, 0.2) is 3.95 Å². The normalized spacial score (nSPS) is 9.71. The van der Waals surface area contributed by atoms with Gasteiger partial charge in [-0.2, -0.15) is 4.98 Å². The number of carbonyl (C=O) groups excluding carboxylic acids is 2. The molecule has 0 radical (unpaired) electrons. The van der Waals surface area contributed by atoms with Crippen molar-refractivity contribution in [1.29, 1.82) is 0 Å². The summed E-state index contributed by atoms with van der Waals surface area (Å²) in [4.78, 5) is 25.4. The van der Waals surface area contributed by atoms with Gasteiger partial charge in [-0.05, 0) is 32.9 Å². The van der Waals surface area contributed by atoms with Crippen molar-refractivity contribution in [2.24, 2.45) is 5.73 Å². The van der Waals surface area contributed by atoms with Gasteiger partial charge in [0.2, 0.25) is 16.9 Å². The molecule has 0 unspecified atom stereocenters. The van der Waals surface area contributed by atoms with Gasteiger partial charge < -0.3 is 11.1 Å². The van der Waals surface area contributed by atoms with E-state index in [-0.39, 0.29) is 18.7 Å². The lowest BCUT2D eigenvalue weighted by Crippen LogP contribution is -2.17. The highest BCUT2D eigenvalue weighted by Gasteiger charge is 2.06. The summed E-state index contributed by atoms with van der Waals surface area (Å²) in [6.45, 7) is 0. The molecule has 8 heteroatoms. The molecule has 0 atom stereocenters. The molecule has 0 aliphatic rings. The summed E-state index contributed by atoms with van der Waals surface area (Å²) < 4.78 is 0.486. The third kappa shape index (κ3) is 3.90. The van der Waals surface area contributed by atoms with Gasteiger partial charge in [-0.15, -0.1) is 0 Å². The van der Waals surface area contributed by atoms with Crippen LogP contribution in [0, 0.1) is 3.95 Å². The number of carbonyl (C=O) groups is 2. The second kappa shape index (κ2) is 5.13. The van der Waals surface area contributed by atoms with Crippen molar-refractivity contribution in [2.45, 2.75) is 12.8 Å². The third-order valence-corrected chi connectivity index (χ3v) is 3.75. The summed E-state index contributed by atoms with van der Waals surface area (Å²) in [7, 11) is 2.60. The number of nitrogens with one attached hydrogen (secondary N) is 1. The van der Waals surface area contributed by atoms with E-state index >= 15 is 0 Å². The molecule has 0 saturated heterocycles. The molecule has 1 aromatic rings. The van der Waals surface area contributed by atoms with Gasteiger partial charge in [0, 0.05) is 12.8 Å². The van der Waals surface area contributed by atoms with Crippen molar-refractivity contribution in [2.75, 3.05) is 5.32 Å². The summed E-state index contributed by atoms with van der Waals surface area (Å²) in [5.41, 5.74) is 4.89. The number of hydrogen-bond donors (Lipinski definition) is 2. The Labute approximate surface area is 92.4 Å². The summed E-state index contributed by atoms with van der Waals surface area (Å²) in [6, 6.07) is 0. The molecule has 1 aromatic heterocycles. The van der Waals surface area contributed by atoms with Crippen LogP contribution in [0.2, 0.25) is 0 Å². The number of primary amides is 1. The zero-order valence-electron chi connectivity index (χ0n) is 6.98. The fourth-order valence-electron chi connectivity index (χ4n) is 0.663. The largest absolute Gasteiger partial charge is 0.370 e. The van der Waals surface area contributed by atoms with Crippen LogP contribution in [0.25, 0.3) is 0 Å². The van der Waals surface area contributed by atoms with Crippen LogP contribution in [0.4, 0.5) is 5.13 Å².